The van der Waals surface area contributed by atoms with Gasteiger partial charge in [-0.15, -0.1) is 0 Å². The standard InChI is InChI=1S/C18H26N4/c1-5-14(4)19-18-20-16(15-11-9-8-10-12-15)13-17(21-18)22(6-2)7-3/h8-14H,5-7H2,1-4H3,(H,19,20,21). The summed E-state index contributed by atoms with van der Waals surface area (Å²) in [4.78, 5) is 11.6. The Hall–Kier alpha value is -2.10. The van der Waals surface area contributed by atoms with Crippen molar-refractivity contribution < 1.29 is 0 Å². The van der Waals surface area contributed by atoms with E-state index in [9.17, 15) is 0 Å². The van der Waals surface area contributed by atoms with Gasteiger partial charge in [-0.2, -0.15) is 4.98 Å². The minimum Gasteiger partial charge on any atom is -0.357 e. The maximum absolute atomic E-state index is 4.69. The predicted octanol–water partition coefficient (Wildman–Crippen LogP) is 4.20. The topological polar surface area (TPSA) is 41.1 Å². The van der Waals surface area contributed by atoms with E-state index >= 15 is 0 Å². The first-order chi connectivity index (χ1) is 10.7. The lowest BCUT2D eigenvalue weighted by atomic mass is 10.1. The molecule has 118 valence electrons. The Labute approximate surface area is 133 Å². The lowest BCUT2D eigenvalue weighted by molar-refractivity contribution is 0.750. The van der Waals surface area contributed by atoms with Crippen LogP contribution in [0.3, 0.4) is 0 Å². The summed E-state index contributed by atoms with van der Waals surface area (Å²) in [6.07, 6.45) is 1.04. The van der Waals surface area contributed by atoms with Gasteiger partial charge in [0.05, 0.1) is 5.69 Å². The second-order valence-corrected chi connectivity index (χ2v) is 5.43. The van der Waals surface area contributed by atoms with Gasteiger partial charge in [0.15, 0.2) is 0 Å². The van der Waals surface area contributed by atoms with Crippen molar-refractivity contribution in [3.05, 3.63) is 36.4 Å². The maximum atomic E-state index is 4.69. The number of hydrogen-bond acceptors (Lipinski definition) is 4. The second-order valence-electron chi connectivity index (χ2n) is 5.43. The van der Waals surface area contributed by atoms with Crippen LogP contribution in [-0.4, -0.2) is 29.1 Å². The average molecular weight is 298 g/mol. The van der Waals surface area contributed by atoms with Gasteiger partial charge in [0.25, 0.3) is 0 Å². The van der Waals surface area contributed by atoms with Crippen molar-refractivity contribution in [2.45, 2.75) is 40.2 Å². The van der Waals surface area contributed by atoms with Gasteiger partial charge in [0, 0.05) is 30.8 Å². The fourth-order valence-corrected chi connectivity index (χ4v) is 2.29. The van der Waals surface area contributed by atoms with Gasteiger partial charge in [-0.1, -0.05) is 37.3 Å². The molecule has 4 heteroatoms. The first kappa shape index (κ1) is 16.3. The van der Waals surface area contributed by atoms with Gasteiger partial charge < -0.3 is 10.2 Å². The number of benzene rings is 1. The van der Waals surface area contributed by atoms with Crippen molar-refractivity contribution in [2.75, 3.05) is 23.3 Å². The summed E-state index contributed by atoms with van der Waals surface area (Å²) >= 11 is 0. The molecule has 0 aliphatic rings. The van der Waals surface area contributed by atoms with Crippen molar-refractivity contribution in [3.63, 3.8) is 0 Å². The minimum atomic E-state index is 0.357. The predicted molar refractivity (Wildman–Crippen MR) is 94.4 cm³/mol. The third-order valence-corrected chi connectivity index (χ3v) is 3.86. The van der Waals surface area contributed by atoms with Crippen molar-refractivity contribution in [3.8, 4) is 11.3 Å². The van der Waals surface area contributed by atoms with Crippen LogP contribution < -0.4 is 10.2 Å². The summed E-state index contributed by atoms with van der Waals surface area (Å²) in [5, 5.41) is 3.40. The highest BCUT2D eigenvalue weighted by molar-refractivity contribution is 5.64. The van der Waals surface area contributed by atoms with Crippen LogP contribution in [0.15, 0.2) is 36.4 Å². The van der Waals surface area contributed by atoms with Crippen molar-refractivity contribution >= 4 is 11.8 Å². The number of rotatable bonds is 7. The van der Waals surface area contributed by atoms with Crippen LogP contribution in [0.4, 0.5) is 11.8 Å². The van der Waals surface area contributed by atoms with Crippen molar-refractivity contribution in [2.24, 2.45) is 0 Å². The van der Waals surface area contributed by atoms with Gasteiger partial charge in [-0.05, 0) is 27.2 Å². The lowest BCUT2D eigenvalue weighted by Crippen LogP contribution is -2.24. The summed E-state index contributed by atoms with van der Waals surface area (Å²) < 4.78 is 0. The Morgan fingerprint density at radius 2 is 1.73 bits per heavy atom. The number of aromatic nitrogens is 2. The third-order valence-electron chi connectivity index (χ3n) is 3.86. The molecular formula is C18H26N4. The summed E-state index contributed by atoms with van der Waals surface area (Å²) in [5.41, 5.74) is 2.08. The van der Waals surface area contributed by atoms with Crippen LogP contribution >= 0.6 is 0 Å². The van der Waals surface area contributed by atoms with Crippen LogP contribution in [-0.2, 0) is 0 Å². The summed E-state index contributed by atoms with van der Waals surface area (Å²) in [7, 11) is 0. The molecule has 22 heavy (non-hydrogen) atoms. The molecule has 1 aromatic heterocycles. The van der Waals surface area contributed by atoms with E-state index in [0.717, 1.165) is 36.6 Å². The van der Waals surface area contributed by atoms with Crippen molar-refractivity contribution in [1.29, 1.82) is 0 Å². The van der Waals surface area contributed by atoms with Gasteiger partial charge in [-0.3, -0.25) is 0 Å². The summed E-state index contributed by atoms with van der Waals surface area (Å²) in [6.45, 7) is 10.5. The number of nitrogens with zero attached hydrogens (tertiary/aromatic N) is 3. The van der Waals surface area contributed by atoms with Crippen LogP contribution in [0.5, 0.6) is 0 Å². The molecule has 0 saturated heterocycles. The van der Waals surface area contributed by atoms with E-state index in [-0.39, 0.29) is 0 Å². The first-order valence-electron chi connectivity index (χ1n) is 8.13. The maximum Gasteiger partial charge on any atom is 0.225 e. The van der Waals surface area contributed by atoms with Crippen LogP contribution in [0.1, 0.15) is 34.1 Å². The molecule has 0 spiro atoms. The van der Waals surface area contributed by atoms with E-state index in [1.807, 2.05) is 18.2 Å². The van der Waals surface area contributed by atoms with Crippen LogP contribution in [0.2, 0.25) is 0 Å². The van der Waals surface area contributed by atoms with Gasteiger partial charge >= 0.3 is 0 Å². The highest BCUT2D eigenvalue weighted by Crippen LogP contribution is 2.23. The Morgan fingerprint density at radius 3 is 2.32 bits per heavy atom. The highest BCUT2D eigenvalue weighted by Gasteiger charge is 2.11. The lowest BCUT2D eigenvalue weighted by Gasteiger charge is -2.22. The Morgan fingerprint density at radius 1 is 1.05 bits per heavy atom. The fourth-order valence-electron chi connectivity index (χ4n) is 2.29. The second kappa shape index (κ2) is 7.78. The number of hydrogen-bond donors (Lipinski definition) is 1. The smallest absolute Gasteiger partial charge is 0.225 e. The molecule has 2 aromatic rings. The SMILES string of the molecule is CCC(C)Nc1nc(-c2ccccc2)cc(N(CC)CC)n1. The Kier molecular flexibility index (Phi) is 5.75. The number of anilines is 2. The molecule has 0 radical (unpaired) electrons. The van der Waals surface area contributed by atoms with Crippen LogP contribution in [0, 0.1) is 0 Å². The Balaban J connectivity index is 2.44. The van der Waals surface area contributed by atoms with E-state index in [1.54, 1.807) is 0 Å². The zero-order valence-corrected chi connectivity index (χ0v) is 14.0. The molecule has 4 nitrogen and oxygen atoms in total. The normalized spacial score (nSPS) is 12.0. The molecule has 0 aliphatic carbocycles. The van der Waals surface area contributed by atoms with Crippen molar-refractivity contribution in [1.82, 2.24) is 9.97 Å². The highest BCUT2D eigenvalue weighted by atomic mass is 15.2. The molecule has 1 heterocycles. The van der Waals surface area contributed by atoms with Crippen LogP contribution in [0.25, 0.3) is 11.3 Å². The molecule has 1 N–H and O–H groups in total. The van der Waals surface area contributed by atoms with Gasteiger partial charge in [0.1, 0.15) is 5.82 Å². The fraction of sp³-hybridized carbons (Fsp3) is 0.444. The van der Waals surface area contributed by atoms with E-state index < -0.39 is 0 Å². The minimum absolute atomic E-state index is 0.357. The van der Waals surface area contributed by atoms with Gasteiger partial charge in [0.2, 0.25) is 5.95 Å². The molecule has 0 aliphatic heterocycles. The molecule has 1 aromatic carbocycles. The average Bonchev–Trinajstić information content (AvgIpc) is 2.56. The molecule has 0 fully saturated rings. The molecule has 0 bridgehead atoms. The molecule has 1 unspecified atom stereocenters. The molecular weight excluding hydrogens is 272 g/mol. The third kappa shape index (κ3) is 3.97. The first-order valence-corrected chi connectivity index (χ1v) is 8.13. The zero-order valence-electron chi connectivity index (χ0n) is 14.0. The quantitative estimate of drug-likeness (QED) is 0.831. The summed E-state index contributed by atoms with van der Waals surface area (Å²) in [6, 6.07) is 12.7. The number of nitrogens with one attached hydrogen (secondary N) is 1. The monoisotopic (exact) mass is 298 g/mol. The van der Waals surface area contributed by atoms with E-state index in [4.69, 9.17) is 9.97 Å². The molecule has 2 rings (SSSR count). The zero-order chi connectivity index (χ0) is 15.9. The van der Waals surface area contributed by atoms with Gasteiger partial charge in [-0.25, -0.2) is 4.98 Å². The van der Waals surface area contributed by atoms with E-state index in [2.05, 4.69) is 56.1 Å². The van der Waals surface area contributed by atoms with E-state index in [0.29, 0.717) is 12.0 Å². The molecule has 0 saturated carbocycles. The molecule has 0 amide bonds. The molecule has 1 atom stereocenters. The largest absolute Gasteiger partial charge is 0.357 e. The van der Waals surface area contributed by atoms with E-state index in [1.165, 1.54) is 0 Å². The summed E-state index contributed by atoms with van der Waals surface area (Å²) in [5.74, 6) is 1.68. The Bertz CT molecular complexity index is 579.